The van der Waals surface area contributed by atoms with E-state index in [1.165, 1.54) is 9.69 Å². The first-order chi connectivity index (χ1) is 14.0. The van der Waals surface area contributed by atoms with Crippen LogP contribution in [0.25, 0.3) is 5.57 Å². The molecular formula is C19H22N8O2. The molecule has 0 saturated carbocycles. The van der Waals surface area contributed by atoms with Crippen LogP contribution >= 0.6 is 0 Å². The van der Waals surface area contributed by atoms with Crippen LogP contribution in [0, 0.1) is 0 Å². The largest absolute Gasteiger partial charge is 0.367 e. The first kappa shape index (κ1) is 18.7. The zero-order valence-electron chi connectivity index (χ0n) is 15.6. The number of rotatable bonds is 5. The first-order valence-electron chi connectivity index (χ1n) is 9.00. The summed E-state index contributed by atoms with van der Waals surface area (Å²) in [5.41, 5.74) is 3.84. The van der Waals surface area contributed by atoms with Gasteiger partial charge in [-0.3, -0.25) is 25.1 Å². The maximum Gasteiger partial charge on any atom is 0.225 e. The van der Waals surface area contributed by atoms with E-state index in [4.69, 9.17) is 17.5 Å². The number of amides is 1. The average molecular weight is 394 g/mol. The maximum absolute atomic E-state index is 12.8. The van der Waals surface area contributed by atoms with E-state index in [-0.39, 0.29) is 12.3 Å². The van der Waals surface area contributed by atoms with Crippen molar-refractivity contribution in [3.05, 3.63) is 65.6 Å². The Bertz CT molecular complexity index is 1010. The highest BCUT2D eigenvalue weighted by Gasteiger charge is 2.33. The zero-order valence-corrected chi connectivity index (χ0v) is 15.6. The van der Waals surface area contributed by atoms with Crippen molar-refractivity contribution < 1.29 is 9.59 Å². The number of allylic oxidation sites excluding steroid dienone is 2. The Kier molecular flexibility index (Phi) is 4.80. The zero-order chi connectivity index (χ0) is 20.5. The molecule has 1 atom stereocenters. The molecule has 2 aliphatic heterocycles. The number of anilines is 2. The fourth-order valence-electron chi connectivity index (χ4n) is 3.58. The Morgan fingerprint density at radius 1 is 1.21 bits per heavy atom. The average Bonchev–Trinajstić information content (AvgIpc) is 3.00. The number of hydrazine groups is 2. The molecule has 2 aliphatic rings. The minimum absolute atomic E-state index is 0.0979. The number of para-hydroxylation sites is 1. The lowest BCUT2D eigenvalue weighted by Crippen LogP contribution is -2.46. The lowest BCUT2D eigenvalue weighted by atomic mass is 10.0. The summed E-state index contributed by atoms with van der Waals surface area (Å²) < 4.78 is 1.47. The monoisotopic (exact) mass is 394 g/mol. The van der Waals surface area contributed by atoms with Crippen LogP contribution in [0.4, 0.5) is 11.4 Å². The summed E-state index contributed by atoms with van der Waals surface area (Å²) in [6, 6.07) is 9.50. The fraction of sp³-hybridized carbons (Fsp3) is 0.158. The highest BCUT2D eigenvalue weighted by molar-refractivity contribution is 6.08. The summed E-state index contributed by atoms with van der Waals surface area (Å²) in [5, 5.41) is 8.74. The third-order valence-electron chi connectivity index (χ3n) is 4.91. The molecule has 1 amide bonds. The Morgan fingerprint density at radius 2 is 1.97 bits per heavy atom. The molecule has 1 unspecified atom stereocenters. The van der Waals surface area contributed by atoms with Crippen LogP contribution in [-0.4, -0.2) is 39.6 Å². The molecule has 150 valence electrons. The summed E-state index contributed by atoms with van der Waals surface area (Å²) in [6.45, 7) is 0.428. The number of nitrogens with zero attached hydrogens (tertiary/aromatic N) is 3. The quantitative estimate of drug-likeness (QED) is 0.206. The van der Waals surface area contributed by atoms with E-state index < -0.39 is 6.17 Å². The number of ketones is 1. The summed E-state index contributed by atoms with van der Waals surface area (Å²) in [4.78, 5) is 23.9. The Labute approximate surface area is 167 Å². The fourth-order valence-corrected chi connectivity index (χ4v) is 3.58. The van der Waals surface area contributed by atoms with E-state index in [1.807, 2.05) is 30.3 Å². The topological polar surface area (TPSA) is 148 Å². The molecule has 0 radical (unpaired) electrons. The van der Waals surface area contributed by atoms with Crippen molar-refractivity contribution in [2.75, 3.05) is 17.7 Å². The molecule has 3 heterocycles. The Morgan fingerprint density at radius 3 is 2.69 bits per heavy atom. The molecule has 10 heteroatoms. The Hall–Kier alpha value is -3.60. The van der Waals surface area contributed by atoms with Gasteiger partial charge in [-0.05, 0) is 30.5 Å². The molecular weight excluding hydrogens is 372 g/mol. The highest BCUT2D eigenvalue weighted by atomic mass is 16.1. The number of nitrogens with two attached hydrogens (primary N) is 3. The highest BCUT2D eigenvalue weighted by Crippen LogP contribution is 2.37. The van der Waals surface area contributed by atoms with Crippen LogP contribution in [0.15, 0.2) is 48.7 Å². The molecule has 1 aromatic carbocycles. The summed E-state index contributed by atoms with van der Waals surface area (Å²) >= 11 is 0. The van der Waals surface area contributed by atoms with Gasteiger partial charge in [0.25, 0.3) is 0 Å². The van der Waals surface area contributed by atoms with Crippen LogP contribution in [0.1, 0.15) is 21.7 Å². The van der Waals surface area contributed by atoms with Crippen LogP contribution < -0.4 is 28.2 Å². The van der Waals surface area contributed by atoms with Crippen LogP contribution in [-0.2, 0) is 11.3 Å². The van der Waals surface area contributed by atoms with Gasteiger partial charge in [-0.15, -0.1) is 0 Å². The van der Waals surface area contributed by atoms with Gasteiger partial charge in [-0.1, -0.05) is 18.2 Å². The number of carbonyl (C=O) groups is 2. The van der Waals surface area contributed by atoms with Crippen molar-refractivity contribution in [3.63, 3.8) is 0 Å². The second-order valence-corrected chi connectivity index (χ2v) is 6.85. The van der Waals surface area contributed by atoms with Crippen LogP contribution in [0.5, 0.6) is 0 Å². The van der Waals surface area contributed by atoms with Crippen molar-refractivity contribution in [1.82, 2.24) is 20.0 Å². The third-order valence-corrected chi connectivity index (χ3v) is 4.91. The number of benzene rings is 1. The predicted molar refractivity (Wildman–Crippen MR) is 109 cm³/mol. The van der Waals surface area contributed by atoms with E-state index in [0.717, 1.165) is 10.7 Å². The van der Waals surface area contributed by atoms with Gasteiger partial charge in [0.15, 0.2) is 5.78 Å². The summed E-state index contributed by atoms with van der Waals surface area (Å²) in [5.74, 6) is 17.9. The van der Waals surface area contributed by atoms with Gasteiger partial charge < -0.3 is 16.5 Å². The standard InChI is InChI=1S/C19H22N8O2/c20-25-9-14-17(15(29)10-25)18(24-13-4-2-1-3-5-13)19(27(14)22)12-6-7-23-16(8-12)26(21)11-28/h1-8,11,16,23-24H,9-10,20-22H2. The molecule has 4 rings (SSSR count). The molecule has 0 fully saturated rings. The van der Waals surface area contributed by atoms with Crippen LogP contribution in [0.3, 0.4) is 0 Å². The van der Waals surface area contributed by atoms with Crippen molar-refractivity contribution in [2.45, 2.75) is 12.7 Å². The predicted octanol–water partition coefficient (Wildman–Crippen LogP) is -0.0240. The second kappa shape index (κ2) is 7.43. The van der Waals surface area contributed by atoms with Crippen LogP contribution in [0.2, 0.25) is 0 Å². The van der Waals surface area contributed by atoms with Gasteiger partial charge in [0.05, 0.1) is 35.7 Å². The Balaban J connectivity index is 1.88. The van der Waals surface area contributed by atoms with E-state index in [0.29, 0.717) is 41.2 Å². The van der Waals surface area contributed by atoms with Gasteiger partial charge in [-0.25, -0.2) is 10.9 Å². The number of dihydropyridines is 1. The second-order valence-electron chi connectivity index (χ2n) is 6.85. The molecule has 10 nitrogen and oxygen atoms in total. The SMILES string of the molecule is NN1CC(=O)c2c(Nc3ccccc3)c(C3=CC(N(N)C=O)NC=C3)n(N)c2C1. The van der Waals surface area contributed by atoms with Crippen molar-refractivity contribution >= 4 is 29.1 Å². The molecule has 0 saturated heterocycles. The van der Waals surface area contributed by atoms with E-state index in [9.17, 15) is 9.59 Å². The normalized spacial score (nSPS) is 18.6. The molecule has 8 N–H and O–H groups in total. The lowest BCUT2D eigenvalue weighted by molar-refractivity contribution is -0.120. The summed E-state index contributed by atoms with van der Waals surface area (Å²) in [7, 11) is 0. The van der Waals surface area contributed by atoms with E-state index >= 15 is 0 Å². The minimum Gasteiger partial charge on any atom is -0.367 e. The van der Waals surface area contributed by atoms with Gasteiger partial charge in [-0.2, -0.15) is 0 Å². The third kappa shape index (κ3) is 3.36. The number of carbonyl (C=O) groups excluding carboxylic acids is 2. The summed E-state index contributed by atoms with van der Waals surface area (Å²) in [6.07, 6.45) is 5.22. The number of nitrogen functional groups attached to an aromatic ring is 1. The molecule has 0 aliphatic carbocycles. The molecule has 0 bridgehead atoms. The van der Waals surface area contributed by atoms with Gasteiger partial charge in [0, 0.05) is 11.3 Å². The van der Waals surface area contributed by atoms with Gasteiger partial charge >= 0.3 is 0 Å². The number of hydrogen-bond donors (Lipinski definition) is 5. The van der Waals surface area contributed by atoms with Crippen molar-refractivity contribution in [1.29, 1.82) is 0 Å². The smallest absolute Gasteiger partial charge is 0.225 e. The minimum atomic E-state index is -0.550. The van der Waals surface area contributed by atoms with Gasteiger partial charge in [0.1, 0.15) is 6.17 Å². The lowest BCUT2D eigenvalue weighted by Gasteiger charge is -2.25. The first-order valence-corrected chi connectivity index (χ1v) is 9.00. The number of nitrogens with one attached hydrogen (secondary N) is 2. The molecule has 1 aromatic heterocycles. The number of aromatic nitrogens is 1. The molecule has 2 aromatic rings. The van der Waals surface area contributed by atoms with Gasteiger partial charge in [0.2, 0.25) is 6.41 Å². The molecule has 29 heavy (non-hydrogen) atoms. The number of Topliss-reactive ketones (excluding diaryl/α,β-unsaturated/α-hetero) is 1. The number of fused-ring (bicyclic) bond motifs is 1. The van der Waals surface area contributed by atoms with Crippen molar-refractivity contribution in [3.8, 4) is 0 Å². The molecule has 0 spiro atoms. The van der Waals surface area contributed by atoms with E-state index in [1.54, 1.807) is 18.4 Å². The van der Waals surface area contributed by atoms with Crippen molar-refractivity contribution in [2.24, 2.45) is 11.7 Å². The maximum atomic E-state index is 12.8. The van der Waals surface area contributed by atoms with E-state index in [2.05, 4.69) is 10.6 Å². The number of hydrogen-bond acceptors (Lipinski definition) is 8.